The molecule has 0 atom stereocenters. The number of nitrogens with two attached hydrogens (primary N) is 1. The van der Waals surface area contributed by atoms with E-state index in [4.69, 9.17) is 10.5 Å². The third-order valence-corrected chi connectivity index (χ3v) is 2.10. The Kier molecular flexibility index (Phi) is 3.74. The van der Waals surface area contributed by atoms with Gasteiger partial charge < -0.3 is 10.5 Å². The Labute approximate surface area is 83.9 Å². The van der Waals surface area contributed by atoms with Gasteiger partial charge in [0, 0.05) is 12.1 Å². The van der Waals surface area contributed by atoms with E-state index in [0.29, 0.717) is 13.0 Å². The Hall–Kier alpha value is -1.25. The molecule has 0 saturated heterocycles. The molecule has 0 heterocycles. The normalized spacial score (nSPS) is 10.2. The molecule has 1 aromatic carbocycles. The van der Waals surface area contributed by atoms with Crippen LogP contribution in [-0.4, -0.2) is 13.3 Å². The van der Waals surface area contributed by atoms with E-state index in [9.17, 15) is 4.39 Å². The first-order valence-electron chi connectivity index (χ1n) is 4.70. The molecule has 2 nitrogen and oxygen atoms in total. The number of ether oxygens (including phenoxy) is 1. The van der Waals surface area contributed by atoms with Crippen LogP contribution in [0.15, 0.2) is 12.1 Å². The topological polar surface area (TPSA) is 35.2 Å². The number of benzene rings is 1. The van der Waals surface area contributed by atoms with Crippen molar-refractivity contribution in [3.63, 3.8) is 0 Å². The fourth-order valence-electron chi connectivity index (χ4n) is 1.20. The predicted molar refractivity (Wildman–Crippen MR) is 56.4 cm³/mol. The van der Waals surface area contributed by atoms with E-state index in [0.717, 1.165) is 22.6 Å². The van der Waals surface area contributed by atoms with E-state index in [1.807, 2.05) is 26.0 Å². The monoisotopic (exact) mass is 197 g/mol. The van der Waals surface area contributed by atoms with E-state index >= 15 is 0 Å². The third-order valence-electron chi connectivity index (χ3n) is 2.10. The van der Waals surface area contributed by atoms with Gasteiger partial charge in [0.05, 0.1) is 13.3 Å². The molecule has 0 fully saturated rings. The largest absolute Gasteiger partial charge is 0.493 e. The van der Waals surface area contributed by atoms with Gasteiger partial charge in [-0.25, -0.2) is 0 Å². The Balaban J connectivity index is 2.72. The van der Waals surface area contributed by atoms with Crippen LogP contribution in [0.5, 0.6) is 5.75 Å². The van der Waals surface area contributed by atoms with E-state index < -0.39 is 0 Å². The SMILES string of the molecule is Cc1cc(OCCCF)c(C)cc1N. The minimum absolute atomic E-state index is 0.340. The van der Waals surface area contributed by atoms with Crippen LogP contribution >= 0.6 is 0 Å². The van der Waals surface area contributed by atoms with Crippen LogP contribution in [0.1, 0.15) is 17.5 Å². The minimum Gasteiger partial charge on any atom is -0.493 e. The van der Waals surface area contributed by atoms with Gasteiger partial charge in [-0.15, -0.1) is 0 Å². The lowest BCUT2D eigenvalue weighted by Crippen LogP contribution is -2.01. The van der Waals surface area contributed by atoms with Crippen LogP contribution in [0.3, 0.4) is 0 Å². The molecule has 0 saturated carbocycles. The summed E-state index contributed by atoms with van der Waals surface area (Å²) in [6.07, 6.45) is 0.433. The lowest BCUT2D eigenvalue weighted by molar-refractivity contribution is 0.288. The summed E-state index contributed by atoms with van der Waals surface area (Å²) >= 11 is 0. The molecule has 3 heteroatoms. The zero-order chi connectivity index (χ0) is 10.6. The van der Waals surface area contributed by atoms with Crippen LogP contribution in [-0.2, 0) is 0 Å². The van der Waals surface area contributed by atoms with Crippen LogP contribution < -0.4 is 10.5 Å². The van der Waals surface area contributed by atoms with Crippen LogP contribution in [0.25, 0.3) is 0 Å². The second-order valence-electron chi connectivity index (χ2n) is 3.37. The molecular weight excluding hydrogens is 181 g/mol. The number of nitrogen functional groups attached to an aromatic ring is 1. The van der Waals surface area contributed by atoms with Crippen molar-refractivity contribution in [2.75, 3.05) is 19.0 Å². The van der Waals surface area contributed by atoms with E-state index in [-0.39, 0.29) is 6.67 Å². The lowest BCUT2D eigenvalue weighted by atomic mass is 10.1. The summed E-state index contributed by atoms with van der Waals surface area (Å²) < 4.78 is 17.3. The summed E-state index contributed by atoms with van der Waals surface area (Å²) in [5.41, 5.74) is 8.48. The molecule has 2 N–H and O–H groups in total. The van der Waals surface area contributed by atoms with E-state index in [2.05, 4.69) is 0 Å². The number of rotatable bonds is 4. The predicted octanol–water partition coefficient (Wildman–Crippen LogP) is 2.62. The molecule has 0 aliphatic rings. The summed E-state index contributed by atoms with van der Waals surface area (Å²) in [6, 6.07) is 3.77. The highest BCUT2D eigenvalue weighted by atomic mass is 19.1. The standard InChI is InChI=1S/C11H16FNO/c1-8-7-11(14-5-3-4-12)9(2)6-10(8)13/h6-7H,3-5,13H2,1-2H3. The maximum absolute atomic E-state index is 11.8. The molecular formula is C11H16FNO. The molecule has 1 aromatic rings. The Morgan fingerprint density at radius 2 is 2.00 bits per heavy atom. The highest BCUT2D eigenvalue weighted by molar-refractivity contribution is 5.53. The van der Waals surface area contributed by atoms with Gasteiger partial charge in [-0.05, 0) is 37.1 Å². The zero-order valence-corrected chi connectivity index (χ0v) is 8.64. The molecule has 0 radical (unpaired) electrons. The Morgan fingerprint density at radius 1 is 1.29 bits per heavy atom. The van der Waals surface area contributed by atoms with Crippen molar-refractivity contribution < 1.29 is 9.13 Å². The zero-order valence-electron chi connectivity index (χ0n) is 8.64. The Bertz CT molecular complexity index is 312. The average Bonchev–Trinajstić information content (AvgIpc) is 2.14. The molecule has 0 unspecified atom stereocenters. The first kappa shape index (κ1) is 10.8. The fourth-order valence-corrected chi connectivity index (χ4v) is 1.20. The quantitative estimate of drug-likeness (QED) is 0.595. The number of alkyl halides is 1. The number of anilines is 1. The summed E-state index contributed by atoms with van der Waals surface area (Å²) in [4.78, 5) is 0. The maximum Gasteiger partial charge on any atom is 0.122 e. The second kappa shape index (κ2) is 4.84. The summed E-state index contributed by atoms with van der Waals surface area (Å²) in [6.45, 7) is 3.94. The molecule has 0 bridgehead atoms. The molecule has 1 rings (SSSR count). The van der Waals surface area contributed by atoms with Gasteiger partial charge in [0.25, 0.3) is 0 Å². The summed E-state index contributed by atoms with van der Waals surface area (Å²) in [7, 11) is 0. The average molecular weight is 197 g/mol. The number of aryl methyl sites for hydroxylation is 2. The molecule has 0 aromatic heterocycles. The molecule has 0 aliphatic heterocycles. The first-order chi connectivity index (χ1) is 6.65. The van der Waals surface area contributed by atoms with Crippen LogP contribution in [0.2, 0.25) is 0 Å². The van der Waals surface area contributed by atoms with Gasteiger partial charge in [-0.1, -0.05) is 0 Å². The minimum atomic E-state index is -0.340. The maximum atomic E-state index is 11.8. The van der Waals surface area contributed by atoms with Gasteiger partial charge in [0.15, 0.2) is 0 Å². The molecule has 0 amide bonds. The van der Waals surface area contributed by atoms with Crippen molar-refractivity contribution in [1.29, 1.82) is 0 Å². The highest BCUT2D eigenvalue weighted by Gasteiger charge is 2.02. The van der Waals surface area contributed by atoms with Crippen LogP contribution in [0, 0.1) is 13.8 Å². The summed E-state index contributed by atoms with van der Waals surface area (Å²) in [5.74, 6) is 0.796. The molecule has 78 valence electrons. The fraction of sp³-hybridized carbons (Fsp3) is 0.455. The first-order valence-corrected chi connectivity index (χ1v) is 4.70. The van der Waals surface area contributed by atoms with Gasteiger partial charge in [0.2, 0.25) is 0 Å². The smallest absolute Gasteiger partial charge is 0.122 e. The van der Waals surface area contributed by atoms with Crippen molar-refractivity contribution in [3.05, 3.63) is 23.3 Å². The molecule has 0 aliphatic carbocycles. The van der Waals surface area contributed by atoms with Gasteiger partial charge in [-0.2, -0.15) is 0 Å². The lowest BCUT2D eigenvalue weighted by Gasteiger charge is -2.10. The van der Waals surface area contributed by atoms with E-state index in [1.54, 1.807) is 0 Å². The van der Waals surface area contributed by atoms with Crippen molar-refractivity contribution >= 4 is 5.69 Å². The van der Waals surface area contributed by atoms with Crippen molar-refractivity contribution in [2.24, 2.45) is 0 Å². The second-order valence-corrected chi connectivity index (χ2v) is 3.37. The Morgan fingerprint density at radius 3 is 2.64 bits per heavy atom. The third kappa shape index (κ3) is 2.62. The molecule has 0 spiro atoms. The van der Waals surface area contributed by atoms with Crippen LogP contribution in [0.4, 0.5) is 10.1 Å². The highest BCUT2D eigenvalue weighted by Crippen LogP contribution is 2.24. The van der Waals surface area contributed by atoms with Gasteiger partial charge in [0.1, 0.15) is 5.75 Å². The number of hydrogen-bond acceptors (Lipinski definition) is 2. The van der Waals surface area contributed by atoms with Gasteiger partial charge >= 0.3 is 0 Å². The molecule has 14 heavy (non-hydrogen) atoms. The number of hydrogen-bond donors (Lipinski definition) is 1. The number of halogens is 1. The van der Waals surface area contributed by atoms with Crippen molar-refractivity contribution in [2.45, 2.75) is 20.3 Å². The van der Waals surface area contributed by atoms with Crippen molar-refractivity contribution in [1.82, 2.24) is 0 Å². The van der Waals surface area contributed by atoms with Crippen molar-refractivity contribution in [3.8, 4) is 5.75 Å². The summed E-state index contributed by atoms with van der Waals surface area (Å²) in [5, 5.41) is 0. The van der Waals surface area contributed by atoms with Gasteiger partial charge in [-0.3, -0.25) is 4.39 Å². The van der Waals surface area contributed by atoms with E-state index in [1.165, 1.54) is 0 Å².